The van der Waals surface area contributed by atoms with E-state index < -0.39 is 5.56 Å². The molecule has 0 aliphatic carbocycles. The topological polar surface area (TPSA) is 104 Å². The summed E-state index contributed by atoms with van der Waals surface area (Å²) in [4.78, 5) is 38.9. The van der Waals surface area contributed by atoms with Gasteiger partial charge in [0.1, 0.15) is 12.1 Å². The second-order valence-electron chi connectivity index (χ2n) is 8.90. The molecular weight excluding hydrogens is 454 g/mol. The van der Waals surface area contributed by atoms with Crippen LogP contribution < -0.4 is 21.8 Å². The summed E-state index contributed by atoms with van der Waals surface area (Å²) in [5, 5.41) is 0.991. The van der Waals surface area contributed by atoms with Crippen molar-refractivity contribution in [2.75, 3.05) is 18.0 Å². The quantitative estimate of drug-likeness (QED) is 0.434. The molecular formula is C27H27N7O2. The van der Waals surface area contributed by atoms with E-state index in [0.717, 1.165) is 30.3 Å². The maximum atomic E-state index is 13.9. The lowest BCUT2D eigenvalue weighted by Gasteiger charge is -2.31. The first-order chi connectivity index (χ1) is 17.5. The highest BCUT2D eigenvalue weighted by Crippen LogP contribution is 2.22. The van der Waals surface area contributed by atoms with E-state index in [0.29, 0.717) is 18.2 Å². The minimum atomic E-state index is -0.422. The third kappa shape index (κ3) is 4.15. The Balaban J connectivity index is 1.72. The molecule has 9 nitrogen and oxygen atoms in total. The lowest BCUT2D eigenvalue weighted by Crippen LogP contribution is -2.44. The summed E-state index contributed by atoms with van der Waals surface area (Å²) in [7, 11) is 0. The Morgan fingerprint density at radius 1 is 1.08 bits per heavy atom. The smallest absolute Gasteiger partial charge is 0.294 e. The molecule has 0 bridgehead atoms. The predicted octanol–water partition coefficient (Wildman–Crippen LogP) is 1.54. The minimum Gasteiger partial charge on any atom is -0.341 e. The molecule has 36 heavy (non-hydrogen) atoms. The fourth-order valence-electron chi connectivity index (χ4n) is 4.76. The highest BCUT2D eigenvalue weighted by atomic mass is 16.2. The van der Waals surface area contributed by atoms with Gasteiger partial charge in [-0.2, -0.15) is 0 Å². The number of anilines is 1. The predicted molar refractivity (Wildman–Crippen MR) is 141 cm³/mol. The number of nitrogens with two attached hydrogens (primary N) is 1. The summed E-state index contributed by atoms with van der Waals surface area (Å²) < 4.78 is 4.37. The number of hydrogen-bond acceptors (Lipinski definition) is 6. The first kappa shape index (κ1) is 23.4. The maximum Gasteiger partial charge on any atom is 0.294 e. The number of benzene rings is 1. The van der Waals surface area contributed by atoms with Crippen LogP contribution >= 0.6 is 0 Å². The second-order valence-corrected chi connectivity index (χ2v) is 8.90. The van der Waals surface area contributed by atoms with E-state index in [9.17, 15) is 9.59 Å². The van der Waals surface area contributed by atoms with Crippen LogP contribution in [0.2, 0.25) is 0 Å². The molecule has 5 rings (SSSR count). The van der Waals surface area contributed by atoms with Crippen molar-refractivity contribution in [2.45, 2.75) is 45.4 Å². The van der Waals surface area contributed by atoms with Crippen molar-refractivity contribution in [1.82, 2.24) is 23.9 Å². The molecule has 1 atom stereocenters. The standard InChI is InChI=1S/C27H27N7O2/c1-3-5-16-32-24-23(30-27(32)31-15-8-10-20(28)17-31)25(35)33(14-4-2)34(26(24)36)18-21-13-12-19-9-6-7-11-22(19)29-21/h2,6-7,9,11-13,20H,8,10,14-18,28H2,1H3. The van der Waals surface area contributed by atoms with Crippen molar-refractivity contribution in [3.05, 3.63) is 62.8 Å². The zero-order chi connectivity index (χ0) is 25.2. The third-order valence-electron chi connectivity index (χ3n) is 6.48. The molecule has 1 aliphatic heterocycles. The second kappa shape index (κ2) is 9.73. The van der Waals surface area contributed by atoms with Crippen molar-refractivity contribution in [1.29, 1.82) is 0 Å². The van der Waals surface area contributed by atoms with Crippen LogP contribution in [-0.4, -0.2) is 43.0 Å². The average Bonchev–Trinajstić information content (AvgIpc) is 3.28. The summed E-state index contributed by atoms with van der Waals surface area (Å²) in [6, 6.07) is 11.5. The molecule has 1 saturated heterocycles. The van der Waals surface area contributed by atoms with Crippen molar-refractivity contribution in [2.24, 2.45) is 5.73 Å². The van der Waals surface area contributed by atoms with Gasteiger partial charge in [0, 0.05) is 24.5 Å². The lowest BCUT2D eigenvalue weighted by atomic mass is 10.1. The molecule has 1 fully saturated rings. The number of para-hydroxylation sites is 1. The highest BCUT2D eigenvalue weighted by molar-refractivity contribution is 5.79. The van der Waals surface area contributed by atoms with Crippen LogP contribution in [0.3, 0.4) is 0 Å². The highest BCUT2D eigenvalue weighted by Gasteiger charge is 2.26. The van der Waals surface area contributed by atoms with Crippen LogP contribution in [0.1, 0.15) is 25.5 Å². The number of rotatable bonds is 5. The number of imidazole rings is 1. The van der Waals surface area contributed by atoms with E-state index in [1.807, 2.05) is 41.3 Å². The van der Waals surface area contributed by atoms with Crippen LogP contribution in [0.5, 0.6) is 0 Å². The van der Waals surface area contributed by atoms with Gasteiger partial charge in [-0.05, 0) is 31.9 Å². The molecule has 1 aliphatic rings. The maximum absolute atomic E-state index is 13.9. The van der Waals surface area contributed by atoms with Crippen LogP contribution in [0.4, 0.5) is 5.95 Å². The number of terminal acetylenes is 1. The first-order valence-corrected chi connectivity index (χ1v) is 11.9. The van der Waals surface area contributed by atoms with Crippen molar-refractivity contribution < 1.29 is 0 Å². The Labute approximate surface area is 208 Å². The van der Waals surface area contributed by atoms with Crippen LogP contribution in [0, 0.1) is 24.2 Å². The normalized spacial score (nSPS) is 15.6. The molecule has 0 spiro atoms. The van der Waals surface area contributed by atoms with Gasteiger partial charge in [-0.25, -0.2) is 14.3 Å². The van der Waals surface area contributed by atoms with E-state index in [-0.39, 0.29) is 42.3 Å². The Morgan fingerprint density at radius 3 is 2.69 bits per heavy atom. The van der Waals surface area contributed by atoms with Gasteiger partial charge < -0.3 is 10.6 Å². The molecule has 3 aromatic heterocycles. The van der Waals surface area contributed by atoms with Crippen LogP contribution in [-0.2, 0) is 19.6 Å². The van der Waals surface area contributed by atoms with Crippen molar-refractivity contribution in [3.8, 4) is 24.2 Å². The number of fused-ring (bicyclic) bond motifs is 2. The number of piperidine rings is 1. The summed E-state index contributed by atoms with van der Waals surface area (Å²) in [5.41, 5.74) is 7.17. The van der Waals surface area contributed by atoms with Gasteiger partial charge in [0.05, 0.1) is 24.3 Å². The SMILES string of the molecule is C#CCn1c(=O)c2nc(N3CCCC(N)C3)n(CC#CC)c2c(=O)n1Cc1ccc2ccccc2n1. The summed E-state index contributed by atoms with van der Waals surface area (Å²) in [5.74, 6) is 8.93. The third-order valence-corrected chi connectivity index (χ3v) is 6.48. The van der Waals surface area contributed by atoms with Gasteiger partial charge >= 0.3 is 0 Å². The zero-order valence-corrected chi connectivity index (χ0v) is 20.1. The molecule has 1 aromatic carbocycles. The van der Waals surface area contributed by atoms with Gasteiger partial charge in [0.2, 0.25) is 5.95 Å². The Hall–Kier alpha value is -4.34. The van der Waals surface area contributed by atoms with Gasteiger partial charge in [-0.15, -0.1) is 12.3 Å². The van der Waals surface area contributed by atoms with E-state index in [1.54, 1.807) is 11.5 Å². The van der Waals surface area contributed by atoms with Crippen molar-refractivity contribution in [3.63, 3.8) is 0 Å². The fraction of sp³-hybridized carbons (Fsp3) is 0.333. The number of aromatic nitrogens is 5. The molecule has 0 saturated carbocycles. The van der Waals surface area contributed by atoms with Gasteiger partial charge in [-0.3, -0.25) is 19.1 Å². The summed E-state index contributed by atoms with van der Waals surface area (Å²) >= 11 is 0. The molecule has 182 valence electrons. The average molecular weight is 482 g/mol. The molecule has 0 amide bonds. The Morgan fingerprint density at radius 2 is 1.92 bits per heavy atom. The molecule has 1 unspecified atom stereocenters. The minimum absolute atomic E-state index is 0.00185. The monoisotopic (exact) mass is 481 g/mol. The van der Waals surface area contributed by atoms with E-state index in [4.69, 9.17) is 12.2 Å². The number of hydrogen-bond donors (Lipinski definition) is 1. The van der Waals surface area contributed by atoms with E-state index in [1.165, 1.54) is 9.36 Å². The largest absolute Gasteiger partial charge is 0.341 e. The molecule has 9 heteroatoms. The van der Waals surface area contributed by atoms with Crippen LogP contribution in [0.15, 0.2) is 46.0 Å². The van der Waals surface area contributed by atoms with Crippen molar-refractivity contribution >= 4 is 27.9 Å². The first-order valence-electron chi connectivity index (χ1n) is 11.9. The fourth-order valence-corrected chi connectivity index (χ4v) is 4.76. The number of pyridine rings is 1. The van der Waals surface area contributed by atoms with Crippen LogP contribution in [0.25, 0.3) is 21.9 Å². The van der Waals surface area contributed by atoms with E-state index in [2.05, 4.69) is 27.7 Å². The van der Waals surface area contributed by atoms with E-state index >= 15 is 0 Å². The number of nitrogens with zero attached hydrogens (tertiary/aromatic N) is 6. The van der Waals surface area contributed by atoms with Gasteiger partial charge in [-0.1, -0.05) is 36.1 Å². The molecule has 2 N–H and O–H groups in total. The molecule has 0 radical (unpaired) electrons. The summed E-state index contributed by atoms with van der Waals surface area (Å²) in [6.07, 6.45) is 7.41. The summed E-state index contributed by atoms with van der Waals surface area (Å²) in [6.45, 7) is 3.32. The molecule has 4 heterocycles. The lowest BCUT2D eigenvalue weighted by molar-refractivity contribution is 0.477. The zero-order valence-electron chi connectivity index (χ0n) is 20.1. The Bertz CT molecular complexity index is 1680. The Kier molecular flexibility index (Phi) is 6.32. The van der Waals surface area contributed by atoms with Gasteiger partial charge in [0.25, 0.3) is 11.1 Å². The van der Waals surface area contributed by atoms with Gasteiger partial charge in [0.15, 0.2) is 5.52 Å². The molecule has 4 aromatic rings.